The number of amides is 2. The lowest BCUT2D eigenvalue weighted by atomic mass is 10.1. The minimum absolute atomic E-state index is 0.0477. The molecule has 2 amide bonds. The summed E-state index contributed by atoms with van der Waals surface area (Å²) in [6, 6.07) is 2.70. The van der Waals surface area contributed by atoms with Crippen molar-refractivity contribution < 1.29 is 14.3 Å². The van der Waals surface area contributed by atoms with Crippen molar-refractivity contribution in [3.63, 3.8) is 0 Å². The molecular weight excluding hydrogens is 528 g/mol. The van der Waals surface area contributed by atoms with E-state index in [-0.39, 0.29) is 11.8 Å². The second kappa shape index (κ2) is 12.3. The van der Waals surface area contributed by atoms with E-state index >= 15 is 0 Å². The molecule has 2 N–H and O–H groups in total. The van der Waals surface area contributed by atoms with E-state index in [4.69, 9.17) is 4.74 Å². The van der Waals surface area contributed by atoms with Crippen molar-refractivity contribution in [2.75, 3.05) is 30.9 Å². The second-order valence-corrected chi connectivity index (χ2v) is 11.4. The van der Waals surface area contributed by atoms with Crippen molar-refractivity contribution in [2.24, 2.45) is 0 Å². The molecule has 1 aliphatic heterocycles. The van der Waals surface area contributed by atoms with Gasteiger partial charge in [0.1, 0.15) is 4.83 Å². The molecule has 0 saturated carbocycles. The molecule has 0 spiro atoms. The monoisotopic (exact) mass is 564 g/mol. The lowest BCUT2D eigenvalue weighted by molar-refractivity contribution is -0.116. The smallest absolute Gasteiger partial charge is 0.260 e. The number of aromatic nitrogens is 5. The van der Waals surface area contributed by atoms with Crippen molar-refractivity contribution >= 4 is 39.4 Å². The summed E-state index contributed by atoms with van der Waals surface area (Å²) in [4.78, 5) is 34.5. The molecule has 0 aromatic carbocycles. The third-order valence-electron chi connectivity index (χ3n) is 7.29. The number of anilines is 2. The number of nitrogens with one attached hydrogen (secondary N) is 2. The van der Waals surface area contributed by atoms with Crippen LogP contribution < -0.4 is 10.6 Å². The summed E-state index contributed by atoms with van der Waals surface area (Å²) in [5, 5.41) is 14.7. The molecule has 12 heteroatoms. The third kappa shape index (κ3) is 6.24. The van der Waals surface area contributed by atoms with Gasteiger partial charge in [0, 0.05) is 43.6 Å². The zero-order valence-electron chi connectivity index (χ0n) is 23.4. The maximum absolute atomic E-state index is 13.3. The van der Waals surface area contributed by atoms with Gasteiger partial charge in [0.15, 0.2) is 0 Å². The molecule has 4 aromatic rings. The van der Waals surface area contributed by atoms with Crippen molar-refractivity contribution in [3.8, 4) is 10.4 Å². The van der Waals surface area contributed by atoms with Crippen LogP contribution in [0.2, 0.25) is 0 Å². The van der Waals surface area contributed by atoms with E-state index in [1.165, 1.54) is 17.8 Å². The molecule has 4 aromatic heterocycles. The number of ether oxygens (including phenoxy) is 1. The van der Waals surface area contributed by atoms with Gasteiger partial charge in [-0.2, -0.15) is 10.2 Å². The van der Waals surface area contributed by atoms with Crippen molar-refractivity contribution in [1.82, 2.24) is 29.3 Å². The highest BCUT2D eigenvalue weighted by atomic mass is 32.1. The molecule has 40 heavy (non-hydrogen) atoms. The van der Waals surface area contributed by atoms with Crippen LogP contribution in [0.5, 0.6) is 0 Å². The van der Waals surface area contributed by atoms with Crippen LogP contribution in [-0.2, 0) is 16.1 Å². The minimum Gasteiger partial charge on any atom is -0.383 e. The largest absolute Gasteiger partial charge is 0.383 e. The number of carbonyl (C=O) groups is 2. The van der Waals surface area contributed by atoms with Crippen LogP contribution in [0, 0.1) is 6.92 Å². The lowest BCUT2D eigenvalue weighted by Crippen LogP contribution is -2.35. The van der Waals surface area contributed by atoms with Gasteiger partial charge in [-0.3, -0.25) is 24.2 Å². The van der Waals surface area contributed by atoms with E-state index in [0.717, 1.165) is 34.7 Å². The Morgan fingerprint density at radius 3 is 2.83 bits per heavy atom. The molecule has 5 heterocycles. The van der Waals surface area contributed by atoms with Crippen LogP contribution in [0.3, 0.4) is 0 Å². The zero-order chi connectivity index (χ0) is 28.2. The molecule has 1 saturated heterocycles. The van der Waals surface area contributed by atoms with Crippen molar-refractivity contribution in [3.05, 3.63) is 48.3 Å². The van der Waals surface area contributed by atoms with Gasteiger partial charge in [-0.05, 0) is 52.6 Å². The van der Waals surface area contributed by atoms with Gasteiger partial charge in [0.2, 0.25) is 5.91 Å². The Morgan fingerprint density at radius 2 is 2.02 bits per heavy atom. The number of fused-ring (bicyclic) bond motifs is 1. The summed E-state index contributed by atoms with van der Waals surface area (Å²) >= 11 is 1.47. The Bertz CT molecular complexity index is 1490. The molecule has 1 aliphatic rings. The van der Waals surface area contributed by atoms with Gasteiger partial charge in [-0.15, -0.1) is 11.3 Å². The SMILES string of the molecule is COCCn1cc(-c2cn3ncc(C(=O)Nc4cc(NC(=O)CCC5CCCN5C(C)C)cnc4C)c3s2)cn1. The molecular formula is C28H36N8O3S. The van der Waals surface area contributed by atoms with E-state index in [9.17, 15) is 9.59 Å². The zero-order valence-corrected chi connectivity index (χ0v) is 24.2. The molecule has 5 rings (SSSR count). The van der Waals surface area contributed by atoms with Gasteiger partial charge in [0.25, 0.3) is 5.91 Å². The maximum atomic E-state index is 13.3. The van der Waals surface area contributed by atoms with Crippen LogP contribution in [-0.4, -0.2) is 73.4 Å². The Morgan fingerprint density at radius 1 is 1.18 bits per heavy atom. The molecule has 0 bridgehead atoms. The van der Waals surface area contributed by atoms with Crippen molar-refractivity contribution in [1.29, 1.82) is 0 Å². The van der Waals surface area contributed by atoms with E-state index in [1.807, 2.05) is 24.0 Å². The van der Waals surface area contributed by atoms with Crippen molar-refractivity contribution in [2.45, 2.75) is 65.1 Å². The summed E-state index contributed by atoms with van der Waals surface area (Å²) in [6.45, 7) is 8.58. The summed E-state index contributed by atoms with van der Waals surface area (Å²) in [6.07, 6.45) is 12.4. The predicted molar refractivity (Wildman–Crippen MR) is 156 cm³/mol. The molecule has 0 aliphatic carbocycles. The predicted octanol–water partition coefficient (Wildman–Crippen LogP) is 4.45. The van der Waals surface area contributed by atoms with Gasteiger partial charge in [-0.1, -0.05) is 0 Å². The summed E-state index contributed by atoms with van der Waals surface area (Å²) in [5.74, 6) is -0.337. The number of hydrogen-bond donors (Lipinski definition) is 2. The highest BCUT2D eigenvalue weighted by molar-refractivity contribution is 7.21. The topological polar surface area (TPSA) is 119 Å². The van der Waals surface area contributed by atoms with E-state index in [1.54, 1.807) is 36.3 Å². The van der Waals surface area contributed by atoms with Gasteiger partial charge in [0.05, 0.1) is 59.3 Å². The summed E-state index contributed by atoms with van der Waals surface area (Å²) < 4.78 is 8.65. The highest BCUT2D eigenvalue weighted by Gasteiger charge is 2.26. The fraction of sp³-hybridized carbons (Fsp3) is 0.464. The number of aryl methyl sites for hydroxylation is 1. The molecule has 0 radical (unpaired) electrons. The Labute approximate surface area is 237 Å². The standard InChI is InChI=1S/C28H36N8O3S/c1-18(2)35-9-5-6-22(35)7-8-26(37)32-21-12-24(19(3)29-14-21)33-27(38)23-15-31-36-17-25(40-28(23)36)20-13-30-34(16-20)10-11-39-4/h12-18,22H,5-11H2,1-4H3,(H,32,37)(H,33,38). The number of hydrogen-bond acceptors (Lipinski definition) is 8. The number of pyridine rings is 1. The van der Waals surface area contributed by atoms with Gasteiger partial charge < -0.3 is 15.4 Å². The van der Waals surface area contributed by atoms with Crippen LogP contribution in [0.1, 0.15) is 55.6 Å². The number of likely N-dealkylation sites (tertiary alicyclic amines) is 1. The normalized spacial score (nSPS) is 15.8. The van der Waals surface area contributed by atoms with Crippen LogP contribution in [0.15, 0.2) is 37.1 Å². The number of rotatable bonds is 11. The molecule has 11 nitrogen and oxygen atoms in total. The average Bonchev–Trinajstić information content (AvgIpc) is 3.72. The first-order valence-corrected chi connectivity index (χ1v) is 14.5. The third-order valence-corrected chi connectivity index (χ3v) is 8.45. The first kappa shape index (κ1) is 27.9. The molecule has 1 fully saturated rings. The molecule has 1 unspecified atom stereocenters. The van der Waals surface area contributed by atoms with Gasteiger partial charge in [-0.25, -0.2) is 4.52 Å². The van der Waals surface area contributed by atoms with Crippen LogP contribution >= 0.6 is 11.3 Å². The van der Waals surface area contributed by atoms with Crippen LogP contribution in [0.25, 0.3) is 15.3 Å². The molecule has 1 atom stereocenters. The minimum atomic E-state index is -0.289. The first-order valence-electron chi connectivity index (χ1n) is 13.6. The van der Waals surface area contributed by atoms with E-state index in [0.29, 0.717) is 54.3 Å². The molecule has 212 valence electrons. The number of nitrogens with zero attached hydrogens (tertiary/aromatic N) is 6. The Kier molecular flexibility index (Phi) is 8.57. The quantitative estimate of drug-likeness (QED) is 0.276. The fourth-order valence-electron chi connectivity index (χ4n) is 5.16. The number of methoxy groups -OCH3 is 1. The highest BCUT2D eigenvalue weighted by Crippen LogP contribution is 2.31. The Hall–Kier alpha value is -3.61. The second-order valence-electron chi connectivity index (χ2n) is 10.4. The number of thiazole rings is 1. The van der Waals surface area contributed by atoms with Gasteiger partial charge >= 0.3 is 0 Å². The van der Waals surface area contributed by atoms with E-state index < -0.39 is 0 Å². The summed E-state index contributed by atoms with van der Waals surface area (Å²) in [7, 11) is 1.66. The lowest BCUT2D eigenvalue weighted by Gasteiger charge is -2.28. The van der Waals surface area contributed by atoms with E-state index in [2.05, 4.69) is 44.6 Å². The Balaban J connectivity index is 1.23. The van der Waals surface area contributed by atoms with Crippen LogP contribution in [0.4, 0.5) is 11.4 Å². The number of carbonyl (C=O) groups excluding carboxylic acids is 2. The fourth-order valence-corrected chi connectivity index (χ4v) is 6.19. The first-order chi connectivity index (χ1) is 19.3. The summed E-state index contributed by atoms with van der Waals surface area (Å²) in [5.41, 5.74) is 3.17. The maximum Gasteiger partial charge on any atom is 0.260 e. The average molecular weight is 565 g/mol.